The Morgan fingerprint density at radius 2 is 0.955 bits per heavy atom. The first-order valence-electron chi connectivity index (χ1n) is 16.1. The number of ether oxygens (including phenoxy) is 9. The van der Waals surface area contributed by atoms with Crippen LogP contribution in [0.5, 0.6) is 5.75 Å². The van der Waals surface area contributed by atoms with Crippen molar-refractivity contribution in [3.63, 3.8) is 0 Å². The van der Waals surface area contributed by atoms with Gasteiger partial charge in [-0.05, 0) is 42.4 Å². The molecule has 0 radical (unpaired) electrons. The summed E-state index contributed by atoms with van der Waals surface area (Å²) in [6, 6.07) is 8.53. The zero-order valence-corrected chi connectivity index (χ0v) is 27.3. The van der Waals surface area contributed by atoms with E-state index < -0.39 is 5.97 Å². The molecule has 0 spiro atoms. The third-order valence-corrected chi connectivity index (χ3v) is 6.88. The second kappa shape index (κ2) is 29.9. The van der Waals surface area contributed by atoms with Crippen molar-refractivity contribution in [1.29, 1.82) is 0 Å². The summed E-state index contributed by atoms with van der Waals surface area (Å²) in [6.45, 7) is 14.0. The molecule has 0 amide bonds. The SMILES string of the molecule is CCC(C)CCC(CC)c1ccc(OCCOCCOCCOCCOCCOCCOCCOCCOCC(=O)O)cc1. The molecule has 11 heteroatoms. The Balaban J connectivity index is 1.80. The number of hydrogen-bond acceptors (Lipinski definition) is 10. The van der Waals surface area contributed by atoms with Gasteiger partial charge in [0.25, 0.3) is 0 Å². The van der Waals surface area contributed by atoms with E-state index in [9.17, 15) is 4.79 Å². The summed E-state index contributed by atoms with van der Waals surface area (Å²) in [5.74, 6) is 1.30. The minimum absolute atomic E-state index is 0.246. The number of aliphatic carboxylic acids is 1. The van der Waals surface area contributed by atoms with Gasteiger partial charge < -0.3 is 47.7 Å². The molecule has 0 saturated heterocycles. The van der Waals surface area contributed by atoms with Gasteiger partial charge >= 0.3 is 5.97 Å². The molecular formula is C33H58O11. The van der Waals surface area contributed by atoms with Crippen LogP contribution < -0.4 is 4.74 Å². The van der Waals surface area contributed by atoms with Crippen molar-refractivity contribution in [2.75, 3.05) is 112 Å². The van der Waals surface area contributed by atoms with Crippen molar-refractivity contribution in [3.8, 4) is 5.75 Å². The highest BCUT2D eigenvalue weighted by Gasteiger charge is 2.11. The van der Waals surface area contributed by atoms with Crippen molar-refractivity contribution < 1.29 is 52.5 Å². The molecule has 1 N–H and O–H groups in total. The fraction of sp³-hybridized carbons (Fsp3) is 0.788. The summed E-state index contributed by atoms with van der Waals surface area (Å²) in [6.07, 6.45) is 4.94. The van der Waals surface area contributed by atoms with Gasteiger partial charge in [0.1, 0.15) is 19.0 Å². The number of hydrogen-bond donors (Lipinski definition) is 1. The van der Waals surface area contributed by atoms with E-state index in [4.69, 9.17) is 47.7 Å². The zero-order valence-electron chi connectivity index (χ0n) is 27.3. The molecule has 44 heavy (non-hydrogen) atoms. The van der Waals surface area contributed by atoms with Crippen molar-refractivity contribution in [2.45, 2.75) is 52.4 Å². The molecule has 0 aliphatic heterocycles. The first-order valence-corrected chi connectivity index (χ1v) is 16.1. The lowest BCUT2D eigenvalue weighted by atomic mass is 9.88. The maximum Gasteiger partial charge on any atom is 0.329 e. The van der Waals surface area contributed by atoms with Gasteiger partial charge in [0.2, 0.25) is 0 Å². The van der Waals surface area contributed by atoms with Crippen LogP contribution in [0.2, 0.25) is 0 Å². The van der Waals surface area contributed by atoms with Crippen LogP contribution in [0.15, 0.2) is 24.3 Å². The van der Waals surface area contributed by atoms with Crippen molar-refractivity contribution in [2.24, 2.45) is 5.92 Å². The summed E-state index contributed by atoms with van der Waals surface area (Å²) in [5, 5.41) is 8.43. The molecule has 256 valence electrons. The maximum atomic E-state index is 10.3. The Kier molecular flexibility index (Phi) is 27.3. The summed E-state index contributed by atoms with van der Waals surface area (Å²) < 4.78 is 48.8. The average molecular weight is 631 g/mol. The van der Waals surface area contributed by atoms with Gasteiger partial charge in [0.05, 0.1) is 99.1 Å². The lowest BCUT2D eigenvalue weighted by Crippen LogP contribution is -2.15. The molecular weight excluding hydrogens is 572 g/mol. The topological polar surface area (TPSA) is 120 Å². The molecule has 0 aromatic heterocycles. The second-order valence-corrected chi connectivity index (χ2v) is 10.3. The van der Waals surface area contributed by atoms with Crippen LogP contribution in [-0.4, -0.2) is 123 Å². The Morgan fingerprint density at radius 1 is 0.568 bits per heavy atom. The number of carbonyl (C=O) groups is 1. The second-order valence-electron chi connectivity index (χ2n) is 10.3. The molecule has 0 heterocycles. The first kappa shape index (κ1) is 40.2. The normalized spacial score (nSPS) is 12.8. The molecule has 0 aliphatic rings. The van der Waals surface area contributed by atoms with E-state index in [0.29, 0.717) is 105 Å². The molecule has 0 aliphatic carbocycles. The molecule has 11 nitrogen and oxygen atoms in total. The van der Waals surface area contributed by atoms with Crippen LogP contribution in [0.1, 0.15) is 57.9 Å². The third-order valence-electron chi connectivity index (χ3n) is 6.88. The van der Waals surface area contributed by atoms with Crippen molar-refractivity contribution in [1.82, 2.24) is 0 Å². The van der Waals surface area contributed by atoms with Crippen LogP contribution in [0.4, 0.5) is 0 Å². The number of rotatable bonds is 33. The minimum atomic E-state index is -0.992. The highest BCUT2D eigenvalue weighted by molar-refractivity contribution is 5.67. The van der Waals surface area contributed by atoms with Crippen molar-refractivity contribution in [3.05, 3.63) is 29.8 Å². The Hall–Kier alpha value is -1.83. The number of carboxylic acids is 1. The average Bonchev–Trinajstić information content (AvgIpc) is 3.03. The van der Waals surface area contributed by atoms with Gasteiger partial charge in [-0.25, -0.2) is 4.79 Å². The molecule has 0 bridgehead atoms. The fourth-order valence-corrected chi connectivity index (χ4v) is 4.05. The van der Waals surface area contributed by atoms with Crippen LogP contribution >= 0.6 is 0 Å². The summed E-state index contributed by atoms with van der Waals surface area (Å²) in [7, 11) is 0. The number of carboxylic acid groups (broad SMARTS) is 1. The summed E-state index contributed by atoms with van der Waals surface area (Å²) >= 11 is 0. The molecule has 2 atom stereocenters. The predicted molar refractivity (Wildman–Crippen MR) is 168 cm³/mol. The van der Waals surface area contributed by atoms with E-state index in [2.05, 4.69) is 45.0 Å². The fourth-order valence-electron chi connectivity index (χ4n) is 4.05. The number of benzene rings is 1. The minimum Gasteiger partial charge on any atom is -0.491 e. The van der Waals surface area contributed by atoms with E-state index in [0.717, 1.165) is 11.7 Å². The van der Waals surface area contributed by atoms with Gasteiger partial charge in [0.15, 0.2) is 0 Å². The van der Waals surface area contributed by atoms with Gasteiger partial charge in [-0.15, -0.1) is 0 Å². The van der Waals surface area contributed by atoms with E-state index in [-0.39, 0.29) is 13.2 Å². The Labute approximate surface area is 264 Å². The largest absolute Gasteiger partial charge is 0.491 e. The monoisotopic (exact) mass is 630 g/mol. The van der Waals surface area contributed by atoms with E-state index in [1.165, 1.54) is 31.2 Å². The summed E-state index contributed by atoms with van der Waals surface area (Å²) in [5.41, 5.74) is 1.40. The van der Waals surface area contributed by atoms with Crippen LogP contribution in [0, 0.1) is 5.92 Å². The van der Waals surface area contributed by atoms with Gasteiger partial charge in [-0.1, -0.05) is 45.7 Å². The van der Waals surface area contributed by atoms with Gasteiger partial charge in [-0.3, -0.25) is 0 Å². The lowest BCUT2D eigenvalue weighted by Gasteiger charge is -2.18. The Bertz CT molecular complexity index is 763. The molecule has 1 rings (SSSR count). The Morgan fingerprint density at radius 3 is 1.32 bits per heavy atom. The summed E-state index contributed by atoms with van der Waals surface area (Å²) in [4.78, 5) is 10.3. The van der Waals surface area contributed by atoms with Gasteiger partial charge in [0, 0.05) is 0 Å². The highest BCUT2D eigenvalue weighted by atomic mass is 16.6. The third kappa shape index (κ3) is 24.5. The molecule has 0 fully saturated rings. The van der Waals surface area contributed by atoms with Crippen LogP contribution in [0.3, 0.4) is 0 Å². The molecule has 0 saturated carbocycles. The van der Waals surface area contributed by atoms with Crippen LogP contribution in [-0.2, 0) is 42.7 Å². The first-order chi connectivity index (χ1) is 21.6. The maximum absolute atomic E-state index is 10.3. The predicted octanol–water partition coefficient (Wildman–Crippen LogP) is 4.60. The van der Waals surface area contributed by atoms with E-state index in [1.807, 2.05) is 0 Å². The van der Waals surface area contributed by atoms with Crippen LogP contribution in [0.25, 0.3) is 0 Å². The van der Waals surface area contributed by atoms with Gasteiger partial charge in [-0.2, -0.15) is 0 Å². The zero-order chi connectivity index (χ0) is 31.9. The standard InChI is InChI=1S/C33H58O11/c1-4-29(3)6-7-30(5-2)31-8-10-32(11-9-31)44-27-26-42-23-22-40-19-18-38-15-14-36-12-13-37-16-17-39-20-21-41-24-25-43-28-33(34)35/h8-11,29-30H,4-7,12-28H2,1-3H3,(H,34,35). The smallest absolute Gasteiger partial charge is 0.329 e. The highest BCUT2D eigenvalue weighted by Crippen LogP contribution is 2.28. The van der Waals surface area contributed by atoms with E-state index in [1.54, 1.807) is 0 Å². The van der Waals surface area contributed by atoms with Crippen molar-refractivity contribution >= 4 is 5.97 Å². The molecule has 1 aromatic rings. The van der Waals surface area contributed by atoms with E-state index >= 15 is 0 Å². The molecule has 1 aromatic carbocycles. The quantitative estimate of drug-likeness (QED) is 0.110. The lowest BCUT2D eigenvalue weighted by molar-refractivity contribution is -0.142. The molecule has 2 unspecified atom stereocenters.